The first-order valence-electron chi connectivity index (χ1n) is 6.86. The molecule has 21 heavy (non-hydrogen) atoms. The van der Waals surface area contributed by atoms with Crippen molar-refractivity contribution >= 4 is 28.3 Å². The van der Waals surface area contributed by atoms with Crippen molar-refractivity contribution in [3.8, 4) is 11.4 Å². The molecule has 0 radical (unpaired) electrons. The summed E-state index contributed by atoms with van der Waals surface area (Å²) in [6.45, 7) is 0. The molecule has 3 nitrogen and oxygen atoms in total. The van der Waals surface area contributed by atoms with Crippen LogP contribution in [-0.2, 0) is 0 Å². The number of fused-ring (bicyclic) bond motifs is 1. The third-order valence-electron chi connectivity index (χ3n) is 3.82. The van der Waals surface area contributed by atoms with E-state index in [0.29, 0.717) is 28.1 Å². The predicted molar refractivity (Wildman–Crippen MR) is 82.8 cm³/mol. The van der Waals surface area contributed by atoms with E-state index in [-0.39, 0.29) is 5.82 Å². The van der Waals surface area contributed by atoms with E-state index in [9.17, 15) is 4.39 Å². The van der Waals surface area contributed by atoms with Crippen LogP contribution >= 0.6 is 11.6 Å². The Kier molecular flexibility index (Phi) is 2.69. The summed E-state index contributed by atoms with van der Waals surface area (Å²) in [5.41, 5.74) is 9.01. The minimum Gasteiger partial charge on any atom is -0.398 e. The predicted octanol–water partition coefficient (Wildman–Crippen LogP) is 4.41. The van der Waals surface area contributed by atoms with E-state index in [1.54, 1.807) is 6.07 Å². The fourth-order valence-corrected chi connectivity index (χ4v) is 2.85. The van der Waals surface area contributed by atoms with Crippen molar-refractivity contribution in [2.24, 2.45) is 0 Å². The van der Waals surface area contributed by atoms with Crippen LogP contribution < -0.4 is 5.73 Å². The number of nitrogens with two attached hydrogens (primary N) is 1. The van der Waals surface area contributed by atoms with Crippen LogP contribution in [0.15, 0.2) is 36.4 Å². The summed E-state index contributed by atoms with van der Waals surface area (Å²) in [5, 5.41) is 0.640. The first-order chi connectivity index (χ1) is 10.1. The average molecular weight is 302 g/mol. The maximum atomic E-state index is 13.6. The molecule has 2 aromatic carbocycles. The molecule has 0 atom stereocenters. The number of imidazole rings is 1. The van der Waals surface area contributed by atoms with Gasteiger partial charge in [0, 0.05) is 22.3 Å². The van der Waals surface area contributed by atoms with Crippen molar-refractivity contribution in [1.29, 1.82) is 0 Å². The molecule has 1 fully saturated rings. The minimum absolute atomic E-state index is 0.313. The smallest absolute Gasteiger partial charge is 0.143 e. The fraction of sp³-hybridized carbons (Fsp3) is 0.188. The van der Waals surface area contributed by atoms with Gasteiger partial charge >= 0.3 is 0 Å². The van der Waals surface area contributed by atoms with Crippen LogP contribution in [0.4, 0.5) is 10.1 Å². The Hall–Kier alpha value is -2.07. The molecule has 0 unspecified atom stereocenters. The zero-order chi connectivity index (χ0) is 14.6. The third-order valence-corrected chi connectivity index (χ3v) is 4.05. The van der Waals surface area contributed by atoms with E-state index in [4.69, 9.17) is 17.3 Å². The molecule has 0 amide bonds. The van der Waals surface area contributed by atoms with Gasteiger partial charge in [0.25, 0.3) is 0 Å². The van der Waals surface area contributed by atoms with Crippen LogP contribution in [0.1, 0.15) is 18.9 Å². The standard InChI is InChI=1S/C16H13ClFN3/c17-9-1-6-15-14(7-9)20-16(21(15)11-3-4-11)12-8-10(18)2-5-13(12)19/h1-2,5-8,11H,3-4,19H2. The summed E-state index contributed by atoms with van der Waals surface area (Å²) in [4.78, 5) is 4.64. The summed E-state index contributed by atoms with van der Waals surface area (Å²) in [7, 11) is 0. The molecule has 2 N–H and O–H groups in total. The molecule has 3 aromatic rings. The number of nitrogens with zero attached hydrogens (tertiary/aromatic N) is 2. The Morgan fingerprint density at radius 3 is 2.76 bits per heavy atom. The number of hydrogen-bond acceptors (Lipinski definition) is 2. The van der Waals surface area contributed by atoms with Gasteiger partial charge in [-0.05, 0) is 49.2 Å². The van der Waals surface area contributed by atoms with E-state index < -0.39 is 0 Å². The molecule has 5 heteroatoms. The van der Waals surface area contributed by atoms with Crippen LogP contribution in [0.2, 0.25) is 5.02 Å². The summed E-state index contributed by atoms with van der Waals surface area (Å²) in [6.07, 6.45) is 2.21. The Morgan fingerprint density at radius 1 is 1.19 bits per heavy atom. The Morgan fingerprint density at radius 2 is 2.00 bits per heavy atom. The molecule has 1 aliphatic carbocycles. The van der Waals surface area contributed by atoms with E-state index in [0.717, 1.165) is 23.9 Å². The number of aromatic nitrogens is 2. The van der Waals surface area contributed by atoms with Gasteiger partial charge in [0.05, 0.1) is 11.0 Å². The molecular weight excluding hydrogens is 289 g/mol. The zero-order valence-corrected chi connectivity index (χ0v) is 11.9. The van der Waals surface area contributed by atoms with Crippen LogP contribution in [0.5, 0.6) is 0 Å². The number of rotatable bonds is 2. The monoisotopic (exact) mass is 301 g/mol. The fourth-order valence-electron chi connectivity index (χ4n) is 2.69. The largest absolute Gasteiger partial charge is 0.398 e. The van der Waals surface area contributed by atoms with Gasteiger partial charge in [-0.2, -0.15) is 0 Å². The van der Waals surface area contributed by atoms with E-state index >= 15 is 0 Å². The van der Waals surface area contributed by atoms with Crippen molar-refractivity contribution in [3.63, 3.8) is 0 Å². The molecule has 1 heterocycles. The highest BCUT2D eigenvalue weighted by molar-refractivity contribution is 6.31. The van der Waals surface area contributed by atoms with Crippen molar-refractivity contribution in [2.75, 3.05) is 5.73 Å². The van der Waals surface area contributed by atoms with Gasteiger partial charge in [-0.15, -0.1) is 0 Å². The SMILES string of the molecule is Nc1ccc(F)cc1-c1nc2cc(Cl)ccc2n1C1CC1. The second-order valence-electron chi connectivity index (χ2n) is 5.40. The van der Waals surface area contributed by atoms with Crippen molar-refractivity contribution in [1.82, 2.24) is 9.55 Å². The highest BCUT2D eigenvalue weighted by Gasteiger charge is 2.29. The lowest BCUT2D eigenvalue weighted by molar-refractivity contribution is 0.628. The molecule has 1 saturated carbocycles. The summed E-state index contributed by atoms with van der Waals surface area (Å²) >= 11 is 6.04. The van der Waals surface area contributed by atoms with E-state index in [1.165, 1.54) is 12.1 Å². The van der Waals surface area contributed by atoms with Crippen LogP contribution in [0.3, 0.4) is 0 Å². The zero-order valence-electron chi connectivity index (χ0n) is 11.2. The molecule has 0 bridgehead atoms. The highest BCUT2D eigenvalue weighted by Crippen LogP contribution is 2.42. The maximum absolute atomic E-state index is 13.6. The normalized spacial score (nSPS) is 14.8. The Bertz CT molecular complexity index is 852. The van der Waals surface area contributed by atoms with Gasteiger partial charge in [0.2, 0.25) is 0 Å². The lowest BCUT2D eigenvalue weighted by Gasteiger charge is -2.09. The first-order valence-corrected chi connectivity index (χ1v) is 7.24. The van der Waals surface area contributed by atoms with Crippen LogP contribution in [-0.4, -0.2) is 9.55 Å². The first kappa shape index (κ1) is 12.7. The van der Waals surface area contributed by atoms with Gasteiger partial charge in [-0.25, -0.2) is 9.37 Å². The average Bonchev–Trinajstić information content (AvgIpc) is 3.22. The Balaban J connectivity index is 2.03. The second-order valence-corrected chi connectivity index (χ2v) is 5.84. The van der Waals surface area contributed by atoms with Crippen LogP contribution in [0, 0.1) is 5.82 Å². The van der Waals surface area contributed by atoms with Gasteiger partial charge in [-0.1, -0.05) is 11.6 Å². The van der Waals surface area contributed by atoms with E-state index in [1.807, 2.05) is 18.2 Å². The minimum atomic E-state index is -0.313. The molecule has 4 rings (SSSR count). The van der Waals surface area contributed by atoms with Crippen molar-refractivity contribution in [3.05, 3.63) is 47.2 Å². The van der Waals surface area contributed by atoms with E-state index in [2.05, 4.69) is 9.55 Å². The van der Waals surface area contributed by atoms with Gasteiger partial charge in [0.1, 0.15) is 11.6 Å². The molecule has 106 valence electrons. The number of anilines is 1. The Labute approximate surface area is 126 Å². The summed E-state index contributed by atoms with van der Waals surface area (Å²) < 4.78 is 15.7. The summed E-state index contributed by atoms with van der Waals surface area (Å²) in [5.74, 6) is 0.401. The van der Waals surface area contributed by atoms with Crippen molar-refractivity contribution < 1.29 is 4.39 Å². The lowest BCUT2D eigenvalue weighted by Crippen LogP contribution is -2.00. The van der Waals surface area contributed by atoms with Crippen molar-refractivity contribution in [2.45, 2.75) is 18.9 Å². The van der Waals surface area contributed by atoms with Gasteiger partial charge < -0.3 is 10.3 Å². The molecule has 0 aliphatic heterocycles. The summed E-state index contributed by atoms with van der Waals surface area (Å²) in [6, 6.07) is 10.4. The number of hydrogen-bond donors (Lipinski definition) is 1. The molecule has 0 saturated heterocycles. The van der Waals surface area contributed by atoms with Gasteiger partial charge in [0.15, 0.2) is 0 Å². The number of halogens is 2. The topological polar surface area (TPSA) is 43.8 Å². The number of nitrogen functional groups attached to an aromatic ring is 1. The highest BCUT2D eigenvalue weighted by atomic mass is 35.5. The molecular formula is C16H13ClFN3. The lowest BCUT2D eigenvalue weighted by atomic mass is 10.1. The quantitative estimate of drug-likeness (QED) is 0.712. The second kappa shape index (κ2) is 4.46. The molecule has 1 aliphatic rings. The van der Waals surface area contributed by atoms with Crippen LogP contribution in [0.25, 0.3) is 22.4 Å². The maximum Gasteiger partial charge on any atom is 0.143 e. The third kappa shape index (κ3) is 2.07. The molecule has 0 spiro atoms. The number of benzene rings is 2. The van der Waals surface area contributed by atoms with Gasteiger partial charge in [-0.3, -0.25) is 0 Å². The molecule has 1 aromatic heterocycles.